The number of para-hydroxylation sites is 1. The van der Waals surface area contributed by atoms with Crippen LogP contribution in [0.15, 0.2) is 95.9 Å². The molecule has 4 nitrogen and oxygen atoms in total. The van der Waals surface area contributed by atoms with Gasteiger partial charge in [-0.15, -0.1) is 5.10 Å². The van der Waals surface area contributed by atoms with Gasteiger partial charge in [-0.05, 0) is 42.5 Å². The Morgan fingerprint density at radius 1 is 0.967 bits per heavy atom. The van der Waals surface area contributed by atoms with Crippen LogP contribution in [0.5, 0.6) is 0 Å². The molecule has 0 radical (unpaired) electrons. The summed E-state index contributed by atoms with van der Waals surface area (Å²) >= 11 is 1.48. The molecular weight excluding hydrogens is 397 g/mol. The van der Waals surface area contributed by atoms with Crippen molar-refractivity contribution in [1.82, 2.24) is 9.78 Å². The summed E-state index contributed by atoms with van der Waals surface area (Å²) in [6.45, 7) is 0. The van der Waals surface area contributed by atoms with Gasteiger partial charge in [0, 0.05) is 33.9 Å². The molecule has 3 aromatic carbocycles. The Labute approximate surface area is 177 Å². The number of carbonyl (C=O) groups excluding carboxylic acids is 1. The quantitative estimate of drug-likeness (QED) is 0.319. The fourth-order valence-corrected chi connectivity index (χ4v) is 4.34. The number of rotatable bonds is 4. The number of carbonyl (C=O) groups is 1. The average Bonchev–Trinajstić information content (AvgIpc) is 3.19. The van der Waals surface area contributed by atoms with E-state index in [2.05, 4.69) is 5.32 Å². The van der Waals surface area contributed by atoms with Crippen molar-refractivity contribution in [2.75, 3.05) is 5.32 Å². The number of thioether (sulfide) groups is 1. The smallest absolute Gasteiger partial charge is 0.188 e. The summed E-state index contributed by atoms with van der Waals surface area (Å²) in [5, 5.41) is 8.69. The Balaban J connectivity index is 1.56. The number of anilines is 2. The van der Waals surface area contributed by atoms with Gasteiger partial charge in [-0.3, -0.25) is 4.79 Å². The van der Waals surface area contributed by atoms with E-state index in [1.807, 2.05) is 60.7 Å². The van der Waals surface area contributed by atoms with Crippen LogP contribution < -0.4 is 5.32 Å². The normalized spacial score (nSPS) is 13.6. The molecule has 6 heteroatoms. The molecule has 0 unspecified atom stereocenters. The third kappa shape index (κ3) is 3.53. The Bertz CT molecular complexity index is 1260. The van der Waals surface area contributed by atoms with Gasteiger partial charge >= 0.3 is 0 Å². The Morgan fingerprint density at radius 2 is 1.70 bits per heavy atom. The second-order valence-electron chi connectivity index (χ2n) is 6.77. The fourth-order valence-electron chi connectivity index (χ4n) is 3.29. The molecule has 1 aliphatic rings. The van der Waals surface area contributed by atoms with E-state index in [1.165, 1.54) is 36.0 Å². The van der Waals surface area contributed by atoms with Gasteiger partial charge in [-0.1, -0.05) is 48.2 Å². The van der Waals surface area contributed by atoms with Crippen LogP contribution in [0.1, 0.15) is 10.4 Å². The van der Waals surface area contributed by atoms with Gasteiger partial charge in [0.2, 0.25) is 0 Å². The standard InChI is InChI=1S/C24H16FN3OS/c25-17-12-10-16(11-13-17)21(29)15-24-28-20(19-8-4-5-9-22(19)30-24)14-23(27-28)26-18-6-2-1-3-7-18/h1-15H,(H,26,27)/b24-15+. The van der Waals surface area contributed by atoms with Gasteiger partial charge < -0.3 is 5.32 Å². The Kier molecular flexibility index (Phi) is 4.69. The van der Waals surface area contributed by atoms with E-state index in [4.69, 9.17) is 5.10 Å². The summed E-state index contributed by atoms with van der Waals surface area (Å²) in [5.41, 5.74) is 3.32. The summed E-state index contributed by atoms with van der Waals surface area (Å²) in [5.74, 6) is 0.121. The van der Waals surface area contributed by atoms with E-state index in [-0.39, 0.29) is 11.6 Å². The van der Waals surface area contributed by atoms with Gasteiger partial charge in [0.15, 0.2) is 11.6 Å². The van der Waals surface area contributed by atoms with Crippen LogP contribution in [0.2, 0.25) is 0 Å². The van der Waals surface area contributed by atoms with Crippen molar-refractivity contribution in [3.05, 3.63) is 102 Å². The maximum absolute atomic E-state index is 13.2. The van der Waals surface area contributed by atoms with Gasteiger partial charge in [0.05, 0.1) is 5.69 Å². The van der Waals surface area contributed by atoms with Crippen LogP contribution in [0.3, 0.4) is 0 Å². The maximum Gasteiger partial charge on any atom is 0.188 e. The summed E-state index contributed by atoms with van der Waals surface area (Å²) in [6.07, 6.45) is 1.55. The number of ketones is 1. The number of fused-ring (bicyclic) bond motifs is 3. The third-order valence-corrected chi connectivity index (χ3v) is 5.80. The molecule has 1 aromatic heterocycles. The number of nitrogens with zero attached hydrogens (tertiary/aromatic N) is 2. The molecule has 0 spiro atoms. The third-order valence-electron chi connectivity index (χ3n) is 4.73. The molecule has 146 valence electrons. The molecule has 2 heterocycles. The lowest BCUT2D eigenvalue weighted by atomic mass is 10.1. The van der Waals surface area contributed by atoms with E-state index in [1.54, 1.807) is 10.8 Å². The largest absolute Gasteiger partial charge is 0.339 e. The van der Waals surface area contributed by atoms with E-state index in [0.717, 1.165) is 21.8 Å². The minimum atomic E-state index is -0.369. The first-order chi connectivity index (χ1) is 14.7. The monoisotopic (exact) mass is 413 g/mol. The number of hydrogen-bond donors (Lipinski definition) is 1. The number of benzene rings is 3. The highest BCUT2D eigenvalue weighted by Gasteiger charge is 2.23. The Morgan fingerprint density at radius 3 is 2.50 bits per heavy atom. The predicted molar refractivity (Wildman–Crippen MR) is 118 cm³/mol. The lowest BCUT2D eigenvalue weighted by molar-refractivity contribution is 0.104. The van der Waals surface area contributed by atoms with Crippen LogP contribution in [0.25, 0.3) is 16.3 Å². The zero-order chi connectivity index (χ0) is 20.5. The van der Waals surface area contributed by atoms with Crippen LogP contribution in [0, 0.1) is 5.82 Å². The number of allylic oxidation sites excluding steroid dienone is 1. The van der Waals surface area contributed by atoms with Crippen molar-refractivity contribution in [3.63, 3.8) is 0 Å². The van der Waals surface area contributed by atoms with Gasteiger partial charge in [0.1, 0.15) is 10.8 Å². The summed E-state index contributed by atoms with van der Waals surface area (Å²) < 4.78 is 15.0. The molecule has 0 atom stereocenters. The first-order valence-electron chi connectivity index (χ1n) is 9.39. The van der Waals surface area contributed by atoms with Gasteiger partial charge in [-0.2, -0.15) is 0 Å². The summed E-state index contributed by atoms with van der Waals surface area (Å²) in [7, 11) is 0. The molecule has 5 rings (SSSR count). The fraction of sp³-hybridized carbons (Fsp3) is 0. The van der Waals surface area contributed by atoms with Crippen molar-refractivity contribution in [3.8, 4) is 11.3 Å². The molecule has 0 saturated carbocycles. The molecule has 0 fully saturated rings. The topological polar surface area (TPSA) is 46.9 Å². The first kappa shape index (κ1) is 18.4. The predicted octanol–water partition coefficient (Wildman–Crippen LogP) is 6.22. The minimum Gasteiger partial charge on any atom is -0.339 e. The second kappa shape index (κ2) is 7.65. The molecule has 1 N–H and O–H groups in total. The van der Waals surface area contributed by atoms with E-state index in [0.29, 0.717) is 16.4 Å². The van der Waals surface area contributed by atoms with Crippen LogP contribution in [-0.2, 0) is 0 Å². The highest BCUT2D eigenvalue weighted by molar-refractivity contribution is 8.08. The molecule has 0 saturated heterocycles. The van der Waals surface area contributed by atoms with Crippen molar-refractivity contribution in [2.24, 2.45) is 0 Å². The first-order valence-corrected chi connectivity index (χ1v) is 10.2. The van der Waals surface area contributed by atoms with Gasteiger partial charge in [-0.25, -0.2) is 9.07 Å². The van der Waals surface area contributed by atoms with Crippen LogP contribution in [0.4, 0.5) is 15.9 Å². The molecule has 30 heavy (non-hydrogen) atoms. The molecular formula is C24H16FN3OS. The second-order valence-corrected chi connectivity index (χ2v) is 7.83. The number of hydrogen-bond acceptors (Lipinski definition) is 4. The van der Waals surface area contributed by atoms with E-state index >= 15 is 0 Å². The van der Waals surface area contributed by atoms with Crippen molar-refractivity contribution in [1.29, 1.82) is 0 Å². The Hall–Kier alpha value is -3.64. The SMILES string of the molecule is O=C(/C=C1/Sc2ccccc2-c2cc(Nc3ccccc3)nn21)c1ccc(F)cc1. The molecule has 1 aliphatic heterocycles. The van der Waals surface area contributed by atoms with Crippen molar-refractivity contribution < 1.29 is 9.18 Å². The minimum absolute atomic E-state index is 0.198. The van der Waals surface area contributed by atoms with Crippen molar-refractivity contribution >= 4 is 34.1 Å². The van der Waals surface area contributed by atoms with E-state index < -0.39 is 0 Å². The number of aromatic nitrogens is 2. The number of nitrogens with one attached hydrogen (secondary N) is 1. The maximum atomic E-state index is 13.2. The molecule has 0 aliphatic carbocycles. The highest BCUT2D eigenvalue weighted by atomic mass is 32.2. The van der Waals surface area contributed by atoms with E-state index in [9.17, 15) is 9.18 Å². The van der Waals surface area contributed by atoms with Crippen LogP contribution in [-0.4, -0.2) is 15.6 Å². The zero-order valence-corrected chi connectivity index (χ0v) is 16.6. The molecule has 0 amide bonds. The summed E-state index contributed by atoms with van der Waals surface area (Å²) in [4.78, 5) is 13.8. The lowest BCUT2D eigenvalue weighted by Gasteiger charge is -2.19. The van der Waals surface area contributed by atoms with Crippen molar-refractivity contribution in [2.45, 2.75) is 4.90 Å². The lowest BCUT2D eigenvalue weighted by Crippen LogP contribution is -2.07. The summed E-state index contributed by atoms with van der Waals surface area (Å²) in [6, 6.07) is 25.4. The molecule has 4 aromatic rings. The molecule has 0 bridgehead atoms. The number of halogens is 1. The zero-order valence-electron chi connectivity index (χ0n) is 15.7. The highest BCUT2D eigenvalue weighted by Crippen LogP contribution is 2.45. The van der Waals surface area contributed by atoms with Crippen LogP contribution >= 0.6 is 11.8 Å². The average molecular weight is 413 g/mol. The van der Waals surface area contributed by atoms with Gasteiger partial charge in [0.25, 0.3) is 0 Å².